The molecule has 126 valence electrons. The predicted molar refractivity (Wildman–Crippen MR) is 91.4 cm³/mol. The molecule has 0 spiro atoms. The minimum atomic E-state index is -0.0313. The molecule has 2 amide bonds. The van der Waals surface area contributed by atoms with E-state index in [-0.39, 0.29) is 17.9 Å². The second-order valence-electron chi connectivity index (χ2n) is 6.29. The second-order valence-corrected chi connectivity index (χ2v) is 6.29. The van der Waals surface area contributed by atoms with Gasteiger partial charge in [-0.05, 0) is 36.6 Å². The molecular formula is C18H21N3O3. The van der Waals surface area contributed by atoms with Gasteiger partial charge in [0.25, 0.3) is 0 Å². The number of carbonyl (C=O) groups is 2. The molecule has 3 rings (SSSR count). The zero-order valence-corrected chi connectivity index (χ0v) is 13.7. The van der Waals surface area contributed by atoms with E-state index in [9.17, 15) is 9.59 Å². The molecule has 2 aliphatic rings. The highest BCUT2D eigenvalue weighted by Gasteiger charge is 2.29. The lowest BCUT2D eigenvalue weighted by atomic mass is 10.0. The molecule has 0 saturated carbocycles. The van der Waals surface area contributed by atoms with Crippen LogP contribution in [0.1, 0.15) is 24.5 Å². The molecule has 1 N–H and O–H groups in total. The van der Waals surface area contributed by atoms with Gasteiger partial charge in [0, 0.05) is 31.8 Å². The number of nitrogens with one attached hydrogen (secondary N) is 1. The molecule has 6 nitrogen and oxygen atoms in total. The van der Waals surface area contributed by atoms with Gasteiger partial charge in [-0.1, -0.05) is 12.2 Å². The Bertz CT molecular complexity index is 705. The first-order valence-corrected chi connectivity index (χ1v) is 8.03. The van der Waals surface area contributed by atoms with Crippen LogP contribution in [0.2, 0.25) is 0 Å². The zero-order valence-electron chi connectivity index (χ0n) is 13.7. The van der Waals surface area contributed by atoms with Crippen molar-refractivity contribution in [3.63, 3.8) is 0 Å². The summed E-state index contributed by atoms with van der Waals surface area (Å²) >= 11 is 0. The van der Waals surface area contributed by atoms with E-state index in [2.05, 4.69) is 16.9 Å². The number of aromatic nitrogens is 1. The molecule has 24 heavy (non-hydrogen) atoms. The fraction of sp³-hybridized carbons (Fsp3) is 0.389. The Morgan fingerprint density at radius 3 is 3.04 bits per heavy atom. The summed E-state index contributed by atoms with van der Waals surface area (Å²) in [5, 5.41) is 2.74. The Labute approximate surface area is 141 Å². The van der Waals surface area contributed by atoms with Crippen molar-refractivity contribution in [3.05, 3.63) is 41.6 Å². The van der Waals surface area contributed by atoms with Gasteiger partial charge < -0.3 is 15.0 Å². The molecule has 2 aliphatic heterocycles. The average Bonchev–Trinajstić information content (AvgIpc) is 2.51. The molecule has 6 heteroatoms. The first-order chi connectivity index (χ1) is 11.5. The van der Waals surface area contributed by atoms with Crippen LogP contribution in [-0.4, -0.2) is 47.5 Å². The Morgan fingerprint density at radius 1 is 1.50 bits per heavy atom. The van der Waals surface area contributed by atoms with E-state index >= 15 is 0 Å². The summed E-state index contributed by atoms with van der Waals surface area (Å²) in [5.74, 6) is 0.584. The molecular weight excluding hydrogens is 306 g/mol. The number of hydrogen-bond acceptors (Lipinski definition) is 4. The average molecular weight is 327 g/mol. The van der Waals surface area contributed by atoms with Crippen molar-refractivity contribution in [2.75, 3.05) is 25.0 Å². The van der Waals surface area contributed by atoms with Gasteiger partial charge in [0.1, 0.15) is 5.82 Å². The van der Waals surface area contributed by atoms with E-state index in [4.69, 9.17) is 4.74 Å². The molecule has 1 fully saturated rings. The maximum Gasteiger partial charge on any atom is 0.246 e. The number of nitrogens with zero attached hydrogens (tertiary/aromatic N) is 2. The van der Waals surface area contributed by atoms with Crippen LogP contribution in [-0.2, 0) is 20.7 Å². The van der Waals surface area contributed by atoms with E-state index in [0.717, 1.165) is 16.7 Å². The van der Waals surface area contributed by atoms with E-state index in [1.54, 1.807) is 23.2 Å². The third-order valence-corrected chi connectivity index (χ3v) is 4.01. The van der Waals surface area contributed by atoms with Gasteiger partial charge in [-0.3, -0.25) is 9.59 Å². The number of pyridine rings is 1. The van der Waals surface area contributed by atoms with Crippen molar-refractivity contribution >= 4 is 23.7 Å². The molecule has 0 bridgehead atoms. The van der Waals surface area contributed by atoms with E-state index in [0.29, 0.717) is 38.4 Å². The summed E-state index contributed by atoms with van der Waals surface area (Å²) in [5.41, 5.74) is 2.84. The van der Waals surface area contributed by atoms with Crippen molar-refractivity contribution < 1.29 is 14.3 Å². The number of hydrogen-bond donors (Lipinski definition) is 1. The molecule has 1 aromatic heterocycles. The highest BCUT2D eigenvalue weighted by molar-refractivity contribution is 5.94. The minimum Gasteiger partial charge on any atom is -0.370 e. The number of ether oxygens (including phenoxy) is 1. The second kappa shape index (κ2) is 6.97. The first kappa shape index (κ1) is 16.4. The van der Waals surface area contributed by atoms with Gasteiger partial charge in [-0.15, -0.1) is 0 Å². The third kappa shape index (κ3) is 3.89. The summed E-state index contributed by atoms with van der Waals surface area (Å²) in [6.07, 6.45) is 6.22. The fourth-order valence-electron chi connectivity index (χ4n) is 2.62. The van der Waals surface area contributed by atoms with Crippen molar-refractivity contribution in [2.45, 2.75) is 25.9 Å². The minimum absolute atomic E-state index is 0.00493. The molecule has 0 aromatic carbocycles. The lowest BCUT2D eigenvalue weighted by Crippen LogP contribution is -2.54. The lowest BCUT2D eigenvalue weighted by molar-refractivity contribution is -0.138. The smallest absolute Gasteiger partial charge is 0.246 e. The van der Waals surface area contributed by atoms with E-state index < -0.39 is 0 Å². The molecule has 0 aliphatic carbocycles. The lowest BCUT2D eigenvalue weighted by Gasteiger charge is -2.38. The molecule has 1 aromatic rings. The number of fused-ring (bicyclic) bond motifs is 1. The third-order valence-electron chi connectivity index (χ3n) is 4.01. The molecule has 0 unspecified atom stereocenters. The van der Waals surface area contributed by atoms with Crippen molar-refractivity contribution in [2.24, 2.45) is 0 Å². The Morgan fingerprint density at radius 2 is 2.29 bits per heavy atom. The van der Waals surface area contributed by atoms with Crippen LogP contribution in [0.5, 0.6) is 0 Å². The quantitative estimate of drug-likeness (QED) is 0.661. The van der Waals surface area contributed by atoms with Crippen molar-refractivity contribution in [1.29, 1.82) is 0 Å². The largest absolute Gasteiger partial charge is 0.370 e. The molecule has 3 heterocycles. The normalized spacial score (nSPS) is 17.4. The van der Waals surface area contributed by atoms with E-state index in [1.165, 1.54) is 0 Å². The summed E-state index contributed by atoms with van der Waals surface area (Å²) < 4.78 is 5.59. The van der Waals surface area contributed by atoms with Crippen LogP contribution >= 0.6 is 0 Å². The van der Waals surface area contributed by atoms with Crippen LogP contribution in [0.25, 0.3) is 6.08 Å². The number of aryl methyl sites for hydroxylation is 1. The van der Waals surface area contributed by atoms with Gasteiger partial charge in [-0.25, -0.2) is 4.98 Å². The molecule has 0 radical (unpaired) electrons. The van der Waals surface area contributed by atoms with Gasteiger partial charge in [-0.2, -0.15) is 0 Å². The summed E-state index contributed by atoms with van der Waals surface area (Å²) in [6.45, 7) is 7.48. The summed E-state index contributed by atoms with van der Waals surface area (Å²) in [7, 11) is 0. The Hall–Kier alpha value is -2.47. The Kier molecular flexibility index (Phi) is 4.76. The summed E-state index contributed by atoms with van der Waals surface area (Å²) in [4.78, 5) is 29.4. The number of rotatable bonds is 5. The number of amides is 2. The fourth-order valence-corrected chi connectivity index (χ4v) is 2.62. The zero-order chi connectivity index (χ0) is 17.1. The standard InChI is InChI=1S/C18H21N3O3/c1-12(2)11-24-15-9-21(10-15)17(23)6-3-13-7-14-4-5-16(22)20-18(14)19-8-13/h3,6-8,15H,1,4-5,9-11H2,2H3,(H,19,20,22)/b6-3+. The monoisotopic (exact) mass is 327 g/mol. The maximum atomic E-state index is 12.1. The number of likely N-dealkylation sites (tertiary alicyclic amines) is 1. The van der Waals surface area contributed by atoms with Gasteiger partial charge >= 0.3 is 0 Å². The van der Waals surface area contributed by atoms with Crippen LogP contribution in [0.3, 0.4) is 0 Å². The van der Waals surface area contributed by atoms with Crippen molar-refractivity contribution in [1.82, 2.24) is 9.88 Å². The Balaban J connectivity index is 1.52. The van der Waals surface area contributed by atoms with Gasteiger partial charge in [0.05, 0.1) is 12.7 Å². The summed E-state index contributed by atoms with van der Waals surface area (Å²) in [6, 6.07) is 1.96. The van der Waals surface area contributed by atoms with Crippen LogP contribution < -0.4 is 5.32 Å². The first-order valence-electron chi connectivity index (χ1n) is 8.03. The predicted octanol–water partition coefficient (Wildman–Crippen LogP) is 1.78. The van der Waals surface area contributed by atoms with E-state index in [1.807, 2.05) is 13.0 Å². The SMILES string of the molecule is C=C(C)COC1CN(C(=O)/C=C/c2cnc3c(c2)CCC(=O)N3)C1. The highest BCUT2D eigenvalue weighted by Crippen LogP contribution is 2.21. The van der Waals surface area contributed by atoms with Crippen molar-refractivity contribution in [3.8, 4) is 0 Å². The van der Waals surface area contributed by atoms with Crippen LogP contribution in [0.4, 0.5) is 5.82 Å². The number of carbonyl (C=O) groups excluding carboxylic acids is 2. The highest BCUT2D eigenvalue weighted by atomic mass is 16.5. The van der Waals surface area contributed by atoms with Gasteiger partial charge in [0.2, 0.25) is 11.8 Å². The topological polar surface area (TPSA) is 71.5 Å². The maximum absolute atomic E-state index is 12.1. The molecule has 1 saturated heterocycles. The van der Waals surface area contributed by atoms with Gasteiger partial charge in [0.15, 0.2) is 0 Å². The van der Waals surface area contributed by atoms with Crippen LogP contribution in [0, 0.1) is 0 Å². The number of anilines is 1. The van der Waals surface area contributed by atoms with Crippen LogP contribution in [0.15, 0.2) is 30.5 Å². The molecule has 0 atom stereocenters.